The Balaban J connectivity index is 2.12. The van der Waals surface area contributed by atoms with Gasteiger partial charge in [-0.1, -0.05) is 12.1 Å². The van der Waals surface area contributed by atoms with Crippen LogP contribution in [0.25, 0.3) is 22.4 Å². The largest absolute Gasteiger partial charge is 0.416 e. The third kappa shape index (κ3) is 2.44. The van der Waals surface area contributed by atoms with Crippen molar-refractivity contribution in [3.63, 3.8) is 0 Å². The van der Waals surface area contributed by atoms with Crippen LogP contribution < -0.4 is 5.73 Å². The fourth-order valence-electron chi connectivity index (χ4n) is 2.16. The minimum Gasteiger partial charge on any atom is -0.398 e. The van der Waals surface area contributed by atoms with Gasteiger partial charge in [0.15, 0.2) is 0 Å². The molecule has 0 saturated carbocycles. The maximum Gasteiger partial charge on any atom is 0.416 e. The molecule has 0 spiro atoms. The summed E-state index contributed by atoms with van der Waals surface area (Å²) in [7, 11) is 0. The molecule has 0 aliphatic carbocycles. The second-order valence-electron chi connectivity index (χ2n) is 4.89. The molecule has 0 amide bonds. The van der Waals surface area contributed by atoms with Crippen molar-refractivity contribution in [1.29, 1.82) is 0 Å². The SMILES string of the molecule is Cc1cc2nc(-c3cccc(C(F)(F)F)c3)[nH]c2cc1N. The number of anilines is 1. The van der Waals surface area contributed by atoms with Crippen LogP contribution in [0.1, 0.15) is 11.1 Å². The summed E-state index contributed by atoms with van der Waals surface area (Å²) in [6.07, 6.45) is -4.37. The number of halogens is 3. The van der Waals surface area contributed by atoms with Crippen LogP contribution in [-0.2, 0) is 6.18 Å². The molecule has 1 aromatic heterocycles. The van der Waals surface area contributed by atoms with Crippen LogP contribution in [0.15, 0.2) is 36.4 Å². The van der Waals surface area contributed by atoms with Gasteiger partial charge in [-0.25, -0.2) is 4.98 Å². The van der Waals surface area contributed by atoms with Gasteiger partial charge in [-0.15, -0.1) is 0 Å². The van der Waals surface area contributed by atoms with E-state index < -0.39 is 11.7 Å². The van der Waals surface area contributed by atoms with E-state index in [1.54, 1.807) is 18.2 Å². The third-order valence-corrected chi connectivity index (χ3v) is 3.33. The Kier molecular flexibility index (Phi) is 2.90. The molecule has 0 fully saturated rings. The predicted molar refractivity (Wildman–Crippen MR) is 75.7 cm³/mol. The van der Waals surface area contributed by atoms with E-state index in [0.29, 0.717) is 28.1 Å². The minimum absolute atomic E-state index is 0.386. The molecule has 6 heteroatoms. The highest BCUT2D eigenvalue weighted by Gasteiger charge is 2.30. The highest BCUT2D eigenvalue weighted by molar-refractivity contribution is 5.83. The maximum atomic E-state index is 12.7. The number of aromatic nitrogens is 2. The van der Waals surface area contributed by atoms with Gasteiger partial charge in [0.25, 0.3) is 0 Å². The van der Waals surface area contributed by atoms with Crippen molar-refractivity contribution in [3.8, 4) is 11.4 Å². The minimum atomic E-state index is -4.37. The highest BCUT2D eigenvalue weighted by atomic mass is 19.4. The summed E-state index contributed by atoms with van der Waals surface area (Å²) in [5.74, 6) is 0.390. The number of nitrogens with one attached hydrogen (secondary N) is 1. The predicted octanol–water partition coefficient (Wildman–Crippen LogP) is 4.14. The lowest BCUT2D eigenvalue weighted by molar-refractivity contribution is -0.137. The molecular formula is C15H12F3N3. The zero-order chi connectivity index (χ0) is 15.2. The average molecular weight is 291 g/mol. The van der Waals surface area contributed by atoms with E-state index in [0.717, 1.165) is 17.7 Å². The first-order valence-electron chi connectivity index (χ1n) is 6.28. The highest BCUT2D eigenvalue weighted by Crippen LogP contribution is 2.32. The zero-order valence-corrected chi connectivity index (χ0v) is 11.1. The molecule has 108 valence electrons. The quantitative estimate of drug-likeness (QED) is 0.662. The Morgan fingerprint density at radius 2 is 1.90 bits per heavy atom. The monoisotopic (exact) mass is 291 g/mol. The molecule has 0 aliphatic rings. The summed E-state index contributed by atoms with van der Waals surface area (Å²) >= 11 is 0. The number of nitrogens with two attached hydrogens (primary N) is 1. The van der Waals surface area contributed by atoms with Gasteiger partial charge in [0.1, 0.15) is 5.82 Å². The molecule has 2 aromatic carbocycles. The fourth-order valence-corrected chi connectivity index (χ4v) is 2.16. The van der Waals surface area contributed by atoms with Gasteiger partial charge in [-0.3, -0.25) is 0 Å². The van der Waals surface area contributed by atoms with E-state index in [-0.39, 0.29) is 0 Å². The number of aryl methyl sites for hydroxylation is 1. The Hall–Kier alpha value is -2.50. The van der Waals surface area contributed by atoms with E-state index in [1.807, 2.05) is 6.92 Å². The number of H-pyrrole nitrogens is 1. The Morgan fingerprint density at radius 3 is 2.62 bits per heavy atom. The van der Waals surface area contributed by atoms with Gasteiger partial charge in [0, 0.05) is 11.3 Å². The Labute approximate surface area is 118 Å². The number of hydrogen-bond donors (Lipinski definition) is 2. The van der Waals surface area contributed by atoms with Crippen LogP contribution in [0.4, 0.5) is 18.9 Å². The summed E-state index contributed by atoms with van der Waals surface area (Å²) < 4.78 is 38.2. The number of nitrogens with zero attached hydrogens (tertiary/aromatic N) is 1. The number of fused-ring (bicyclic) bond motifs is 1. The topological polar surface area (TPSA) is 54.7 Å². The number of hydrogen-bond acceptors (Lipinski definition) is 2. The molecule has 0 atom stereocenters. The Bertz CT molecular complexity index is 780. The van der Waals surface area contributed by atoms with Gasteiger partial charge < -0.3 is 10.7 Å². The van der Waals surface area contributed by atoms with Crippen molar-refractivity contribution in [1.82, 2.24) is 9.97 Å². The van der Waals surface area contributed by atoms with Crippen LogP contribution in [0.5, 0.6) is 0 Å². The lowest BCUT2D eigenvalue weighted by Gasteiger charge is -2.07. The van der Waals surface area contributed by atoms with Gasteiger partial charge in [-0.05, 0) is 36.8 Å². The number of rotatable bonds is 1. The number of imidazole rings is 1. The molecule has 0 saturated heterocycles. The molecule has 3 nitrogen and oxygen atoms in total. The van der Waals surface area contributed by atoms with E-state index in [9.17, 15) is 13.2 Å². The molecule has 3 aromatic rings. The standard InChI is InChI=1S/C15H12F3N3/c1-8-5-12-13(7-11(8)19)21-14(20-12)9-3-2-4-10(6-9)15(16,17)18/h2-7H,19H2,1H3,(H,20,21). The first-order valence-corrected chi connectivity index (χ1v) is 6.28. The maximum absolute atomic E-state index is 12.7. The Morgan fingerprint density at radius 1 is 1.14 bits per heavy atom. The van der Waals surface area contributed by atoms with Crippen LogP contribution in [-0.4, -0.2) is 9.97 Å². The number of nitrogen functional groups attached to an aromatic ring is 1. The second-order valence-corrected chi connectivity index (χ2v) is 4.89. The molecule has 1 heterocycles. The van der Waals surface area contributed by atoms with Gasteiger partial charge in [-0.2, -0.15) is 13.2 Å². The lowest BCUT2D eigenvalue weighted by Crippen LogP contribution is -2.04. The third-order valence-electron chi connectivity index (χ3n) is 3.33. The van der Waals surface area contributed by atoms with Crippen LogP contribution in [0.2, 0.25) is 0 Å². The summed E-state index contributed by atoms with van der Waals surface area (Å²) in [5, 5.41) is 0. The lowest BCUT2D eigenvalue weighted by atomic mass is 10.1. The second kappa shape index (κ2) is 4.51. The number of alkyl halides is 3. The van der Waals surface area contributed by atoms with Crippen molar-refractivity contribution >= 4 is 16.7 Å². The molecule has 3 rings (SSSR count). The molecule has 21 heavy (non-hydrogen) atoms. The van der Waals surface area contributed by atoms with Gasteiger partial charge >= 0.3 is 6.18 Å². The van der Waals surface area contributed by atoms with Crippen molar-refractivity contribution in [3.05, 3.63) is 47.5 Å². The molecule has 0 bridgehead atoms. The van der Waals surface area contributed by atoms with Crippen LogP contribution in [0.3, 0.4) is 0 Å². The van der Waals surface area contributed by atoms with Gasteiger partial charge in [0.2, 0.25) is 0 Å². The number of aromatic amines is 1. The summed E-state index contributed by atoms with van der Waals surface area (Å²) in [6, 6.07) is 8.60. The smallest absolute Gasteiger partial charge is 0.398 e. The first-order chi connectivity index (χ1) is 9.84. The van der Waals surface area contributed by atoms with Gasteiger partial charge in [0.05, 0.1) is 16.6 Å². The van der Waals surface area contributed by atoms with E-state index in [4.69, 9.17) is 5.73 Å². The van der Waals surface area contributed by atoms with Crippen molar-refractivity contribution in [2.24, 2.45) is 0 Å². The molecular weight excluding hydrogens is 279 g/mol. The van der Waals surface area contributed by atoms with Crippen molar-refractivity contribution < 1.29 is 13.2 Å². The summed E-state index contributed by atoms with van der Waals surface area (Å²) in [6.45, 7) is 1.85. The average Bonchev–Trinajstić information content (AvgIpc) is 2.81. The van der Waals surface area contributed by atoms with E-state index in [1.165, 1.54) is 6.07 Å². The van der Waals surface area contributed by atoms with E-state index >= 15 is 0 Å². The first kappa shape index (κ1) is 13.5. The van der Waals surface area contributed by atoms with E-state index in [2.05, 4.69) is 9.97 Å². The molecule has 3 N–H and O–H groups in total. The molecule has 0 radical (unpaired) electrons. The molecule has 0 aliphatic heterocycles. The summed E-state index contributed by atoms with van der Waals surface area (Å²) in [5.41, 5.74) is 8.37. The normalized spacial score (nSPS) is 12.0. The molecule has 0 unspecified atom stereocenters. The zero-order valence-electron chi connectivity index (χ0n) is 11.1. The van der Waals surface area contributed by atoms with Crippen LogP contribution >= 0.6 is 0 Å². The summed E-state index contributed by atoms with van der Waals surface area (Å²) in [4.78, 5) is 7.33. The van der Waals surface area contributed by atoms with Crippen molar-refractivity contribution in [2.75, 3.05) is 5.73 Å². The van der Waals surface area contributed by atoms with Crippen molar-refractivity contribution in [2.45, 2.75) is 13.1 Å². The number of benzene rings is 2. The van der Waals surface area contributed by atoms with Crippen LogP contribution in [0, 0.1) is 6.92 Å². The fraction of sp³-hybridized carbons (Fsp3) is 0.133.